The molecular weight excluding hydrogens is 246 g/mol. The molecule has 0 heterocycles. The summed E-state index contributed by atoms with van der Waals surface area (Å²) < 4.78 is 0. The van der Waals surface area contributed by atoms with E-state index < -0.39 is 6.10 Å². The summed E-state index contributed by atoms with van der Waals surface area (Å²) in [5.41, 5.74) is 2.30. The zero-order valence-electron chi connectivity index (χ0n) is 12.2. The van der Waals surface area contributed by atoms with Gasteiger partial charge in [-0.15, -0.1) is 0 Å². The van der Waals surface area contributed by atoms with Gasteiger partial charge in [0.25, 0.3) is 0 Å². The highest BCUT2D eigenvalue weighted by molar-refractivity contribution is 5.33. The summed E-state index contributed by atoms with van der Waals surface area (Å²) in [5.74, 6) is 0.00338. The van der Waals surface area contributed by atoms with Crippen molar-refractivity contribution < 1.29 is 5.11 Å². The standard InChI is InChI=1S/C18H23NO/c1-14(2)19-13-17(20)18(15-9-5-3-6-10-15)16-11-7-4-8-12-16/h3-12,14,17-20H,13H2,1-2H3/t17-/m0/s1. The number of aliphatic hydroxyl groups excluding tert-OH is 1. The smallest absolute Gasteiger partial charge is 0.0773 e. The molecule has 1 atom stereocenters. The molecule has 2 aromatic carbocycles. The van der Waals surface area contributed by atoms with Crippen LogP contribution in [-0.4, -0.2) is 23.8 Å². The quantitative estimate of drug-likeness (QED) is 0.844. The van der Waals surface area contributed by atoms with E-state index in [4.69, 9.17) is 0 Å². The molecule has 106 valence electrons. The second-order valence-corrected chi connectivity index (χ2v) is 5.43. The molecule has 0 saturated carbocycles. The maximum atomic E-state index is 10.6. The second-order valence-electron chi connectivity index (χ2n) is 5.43. The lowest BCUT2D eigenvalue weighted by Crippen LogP contribution is -2.35. The molecule has 2 aromatic rings. The Morgan fingerprint density at radius 2 is 1.30 bits per heavy atom. The molecule has 0 aliphatic heterocycles. The zero-order valence-corrected chi connectivity index (χ0v) is 12.2. The highest BCUT2D eigenvalue weighted by Crippen LogP contribution is 2.27. The molecule has 0 aliphatic rings. The van der Waals surface area contributed by atoms with Crippen LogP contribution in [0.3, 0.4) is 0 Å². The Kier molecular flexibility index (Phi) is 5.33. The van der Waals surface area contributed by atoms with Gasteiger partial charge in [-0.2, -0.15) is 0 Å². The number of aliphatic hydroxyl groups is 1. The van der Waals surface area contributed by atoms with Crippen LogP contribution in [0.2, 0.25) is 0 Å². The van der Waals surface area contributed by atoms with E-state index >= 15 is 0 Å². The van der Waals surface area contributed by atoms with Crippen LogP contribution in [0.1, 0.15) is 30.9 Å². The normalized spacial score (nSPS) is 12.8. The number of hydrogen-bond acceptors (Lipinski definition) is 2. The van der Waals surface area contributed by atoms with E-state index in [0.717, 1.165) is 11.1 Å². The first kappa shape index (κ1) is 14.8. The van der Waals surface area contributed by atoms with Gasteiger partial charge >= 0.3 is 0 Å². The third kappa shape index (κ3) is 3.92. The molecule has 0 radical (unpaired) electrons. The van der Waals surface area contributed by atoms with Crippen LogP contribution in [0.5, 0.6) is 0 Å². The van der Waals surface area contributed by atoms with E-state index in [1.165, 1.54) is 0 Å². The van der Waals surface area contributed by atoms with Crippen molar-refractivity contribution in [3.05, 3.63) is 71.8 Å². The van der Waals surface area contributed by atoms with Crippen molar-refractivity contribution in [2.45, 2.75) is 31.9 Å². The van der Waals surface area contributed by atoms with Gasteiger partial charge in [-0.25, -0.2) is 0 Å². The molecule has 0 aromatic heterocycles. The predicted octanol–water partition coefficient (Wildman–Crippen LogP) is 3.18. The molecule has 2 heteroatoms. The summed E-state index contributed by atoms with van der Waals surface area (Å²) in [6.45, 7) is 4.77. The highest BCUT2D eigenvalue weighted by Gasteiger charge is 2.22. The average molecular weight is 269 g/mol. The minimum Gasteiger partial charge on any atom is -0.391 e. The van der Waals surface area contributed by atoms with E-state index in [-0.39, 0.29) is 5.92 Å². The lowest BCUT2D eigenvalue weighted by atomic mass is 9.86. The molecule has 2 rings (SSSR count). The summed E-state index contributed by atoms with van der Waals surface area (Å²) in [5, 5.41) is 13.9. The van der Waals surface area contributed by atoms with Gasteiger partial charge in [-0.3, -0.25) is 0 Å². The first-order chi connectivity index (χ1) is 9.68. The monoisotopic (exact) mass is 269 g/mol. The van der Waals surface area contributed by atoms with E-state index in [0.29, 0.717) is 12.6 Å². The molecule has 0 unspecified atom stereocenters. The summed E-state index contributed by atoms with van der Waals surface area (Å²) in [7, 11) is 0. The van der Waals surface area contributed by atoms with Gasteiger partial charge < -0.3 is 10.4 Å². The van der Waals surface area contributed by atoms with Crippen molar-refractivity contribution in [3.63, 3.8) is 0 Å². The highest BCUT2D eigenvalue weighted by atomic mass is 16.3. The summed E-state index contributed by atoms with van der Waals surface area (Å²) in [4.78, 5) is 0. The van der Waals surface area contributed by atoms with Gasteiger partial charge in [0.05, 0.1) is 6.10 Å². The molecule has 2 N–H and O–H groups in total. The van der Waals surface area contributed by atoms with E-state index in [1.807, 2.05) is 36.4 Å². The van der Waals surface area contributed by atoms with Crippen molar-refractivity contribution >= 4 is 0 Å². The molecule has 0 amide bonds. The minimum atomic E-state index is -0.442. The van der Waals surface area contributed by atoms with E-state index in [1.54, 1.807) is 0 Å². The van der Waals surface area contributed by atoms with Gasteiger partial charge in [0.15, 0.2) is 0 Å². The zero-order chi connectivity index (χ0) is 14.4. The number of benzene rings is 2. The number of hydrogen-bond donors (Lipinski definition) is 2. The summed E-state index contributed by atoms with van der Waals surface area (Å²) in [6, 6.07) is 20.8. The fourth-order valence-corrected chi connectivity index (χ4v) is 2.43. The first-order valence-corrected chi connectivity index (χ1v) is 7.20. The third-order valence-electron chi connectivity index (χ3n) is 3.44. The lowest BCUT2D eigenvalue weighted by molar-refractivity contribution is 0.151. The topological polar surface area (TPSA) is 32.3 Å². The molecular formula is C18H23NO. The fourth-order valence-electron chi connectivity index (χ4n) is 2.43. The molecule has 0 spiro atoms. The second kappa shape index (κ2) is 7.22. The van der Waals surface area contributed by atoms with Crippen molar-refractivity contribution in [1.82, 2.24) is 5.32 Å². The van der Waals surface area contributed by atoms with Crippen molar-refractivity contribution in [2.75, 3.05) is 6.54 Å². The van der Waals surface area contributed by atoms with Gasteiger partial charge in [-0.1, -0.05) is 74.5 Å². The van der Waals surface area contributed by atoms with Crippen LogP contribution in [0, 0.1) is 0 Å². The molecule has 20 heavy (non-hydrogen) atoms. The Balaban J connectivity index is 2.25. The Morgan fingerprint density at radius 1 is 0.850 bits per heavy atom. The average Bonchev–Trinajstić information content (AvgIpc) is 2.48. The summed E-state index contributed by atoms with van der Waals surface area (Å²) >= 11 is 0. The van der Waals surface area contributed by atoms with Crippen LogP contribution in [0.25, 0.3) is 0 Å². The minimum absolute atomic E-state index is 0.00338. The van der Waals surface area contributed by atoms with Gasteiger partial charge in [0, 0.05) is 18.5 Å². The molecule has 0 saturated heterocycles. The van der Waals surface area contributed by atoms with Crippen molar-refractivity contribution in [2.24, 2.45) is 0 Å². The van der Waals surface area contributed by atoms with Crippen molar-refractivity contribution in [3.8, 4) is 0 Å². The Bertz CT molecular complexity index is 456. The summed E-state index contributed by atoms with van der Waals surface area (Å²) in [6.07, 6.45) is -0.442. The van der Waals surface area contributed by atoms with Crippen molar-refractivity contribution in [1.29, 1.82) is 0 Å². The molecule has 0 aliphatic carbocycles. The maximum Gasteiger partial charge on any atom is 0.0773 e. The van der Waals surface area contributed by atoms with Crippen LogP contribution >= 0.6 is 0 Å². The molecule has 2 nitrogen and oxygen atoms in total. The molecule has 0 bridgehead atoms. The Labute approximate surface area is 121 Å². The maximum absolute atomic E-state index is 10.6. The largest absolute Gasteiger partial charge is 0.391 e. The first-order valence-electron chi connectivity index (χ1n) is 7.20. The van der Waals surface area contributed by atoms with Gasteiger partial charge in [0.2, 0.25) is 0 Å². The van der Waals surface area contributed by atoms with Crippen LogP contribution < -0.4 is 5.32 Å². The predicted molar refractivity (Wildman–Crippen MR) is 83.9 cm³/mol. The van der Waals surface area contributed by atoms with Crippen LogP contribution in [0.15, 0.2) is 60.7 Å². The Morgan fingerprint density at radius 3 is 1.70 bits per heavy atom. The van der Waals surface area contributed by atoms with Crippen LogP contribution in [0.4, 0.5) is 0 Å². The van der Waals surface area contributed by atoms with Gasteiger partial charge in [-0.05, 0) is 11.1 Å². The van der Waals surface area contributed by atoms with Gasteiger partial charge in [0.1, 0.15) is 0 Å². The van der Waals surface area contributed by atoms with E-state index in [9.17, 15) is 5.11 Å². The number of rotatable bonds is 6. The lowest BCUT2D eigenvalue weighted by Gasteiger charge is -2.25. The van der Waals surface area contributed by atoms with E-state index in [2.05, 4.69) is 43.4 Å². The molecule has 0 fully saturated rings. The Hall–Kier alpha value is -1.64. The van der Waals surface area contributed by atoms with Crippen LogP contribution in [-0.2, 0) is 0 Å². The fraction of sp³-hybridized carbons (Fsp3) is 0.333. The third-order valence-corrected chi connectivity index (χ3v) is 3.44. The SMILES string of the molecule is CC(C)NC[C@H](O)C(c1ccccc1)c1ccccc1. The number of nitrogens with one attached hydrogen (secondary N) is 1.